The zero-order chi connectivity index (χ0) is 20.5. The number of benzene rings is 2. The maximum Gasteiger partial charge on any atom is 0.189 e. The Balaban J connectivity index is 1.49. The molecule has 2 aromatic rings. The lowest BCUT2D eigenvalue weighted by Gasteiger charge is -2.20. The Morgan fingerprint density at radius 1 is 1.17 bits per heavy atom. The largest absolute Gasteiger partial charge is 0.490 e. The zero-order valence-corrected chi connectivity index (χ0v) is 17.1. The van der Waals surface area contributed by atoms with Crippen molar-refractivity contribution in [2.45, 2.75) is 39.7 Å². The van der Waals surface area contributed by atoms with Gasteiger partial charge in [0.15, 0.2) is 18.3 Å². The average Bonchev–Trinajstić information content (AvgIpc) is 2.76. The Morgan fingerprint density at radius 3 is 2.90 bits per heavy atom. The van der Waals surface area contributed by atoms with Crippen molar-refractivity contribution in [3.8, 4) is 17.2 Å². The third-order valence-corrected chi connectivity index (χ3v) is 4.83. The summed E-state index contributed by atoms with van der Waals surface area (Å²) >= 11 is 0. The number of fused-ring (bicyclic) bond motifs is 1. The molecule has 0 saturated carbocycles. The average molecular weight is 396 g/mol. The highest BCUT2D eigenvalue weighted by Gasteiger charge is 2.14. The predicted molar refractivity (Wildman–Crippen MR) is 112 cm³/mol. The molecule has 3 rings (SSSR count). The Bertz CT molecular complexity index is 856. The third-order valence-electron chi connectivity index (χ3n) is 4.83. The number of rotatable bonds is 10. The number of aldehydes is 1. The molecule has 29 heavy (non-hydrogen) atoms. The summed E-state index contributed by atoms with van der Waals surface area (Å²) in [5.41, 5.74) is 4.35. The maximum atomic E-state index is 10.9. The van der Waals surface area contributed by atoms with Gasteiger partial charge in [-0.2, -0.15) is 0 Å². The van der Waals surface area contributed by atoms with Crippen LogP contribution in [-0.2, 0) is 17.8 Å². The summed E-state index contributed by atoms with van der Waals surface area (Å²) in [6.07, 6.45) is 5.77. The van der Waals surface area contributed by atoms with Crippen molar-refractivity contribution in [3.05, 3.63) is 64.7 Å². The number of carbonyl (C=O) groups excluding carboxylic acids is 1. The van der Waals surface area contributed by atoms with Gasteiger partial charge in [0.1, 0.15) is 12.0 Å². The standard InChI is InChI=1S/C24H28O5/c1-3-27-24-14-19(15-25)10-12-23(24)28-13-5-6-18(2)9-11-20-7-4-8-22-21(20)16-26-17-29-22/h4,6-8,10,12,14-15H,3,5,9,11,13,16-17H2,1-2H3. The first-order valence-electron chi connectivity index (χ1n) is 10.0. The monoisotopic (exact) mass is 396 g/mol. The van der Waals surface area contributed by atoms with Crippen molar-refractivity contribution in [2.24, 2.45) is 0 Å². The quantitative estimate of drug-likeness (QED) is 0.317. The first-order valence-corrected chi connectivity index (χ1v) is 10.0. The summed E-state index contributed by atoms with van der Waals surface area (Å²) < 4.78 is 22.4. The summed E-state index contributed by atoms with van der Waals surface area (Å²) in [6.45, 7) is 6.08. The maximum absolute atomic E-state index is 10.9. The van der Waals surface area contributed by atoms with Crippen LogP contribution in [0.1, 0.15) is 48.2 Å². The molecule has 0 unspecified atom stereocenters. The van der Waals surface area contributed by atoms with E-state index in [2.05, 4.69) is 19.1 Å². The fraction of sp³-hybridized carbons (Fsp3) is 0.375. The lowest BCUT2D eigenvalue weighted by molar-refractivity contribution is -0.0168. The van der Waals surface area contributed by atoms with Crippen LogP contribution in [0.5, 0.6) is 17.2 Å². The van der Waals surface area contributed by atoms with E-state index in [-0.39, 0.29) is 0 Å². The smallest absolute Gasteiger partial charge is 0.189 e. The van der Waals surface area contributed by atoms with E-state index < -0.39 is 0 Å². The molecule has 2 aromatic carbocycles. The fourth-order valence-electron chi connectivity index (χ4n) is 3.29. The van der Waals surface area contributed by atoms with E-state index in [4.69, 9.17) is 18.9 Å². The van der Waals surface area contributed by atoms with E-state index in [0.29, 0.717) is 43.7 Å². The SMILES string of the molecule is CCOc1cc(C=O)ccc1OCCC=C(C)CCc1cccc2c1COCO2. The number of aryl methyl sites for hydroxylation is 1. The number of hydrogen-bond acceptors (Lipinski definition) is 5. The van der Waals surface area contributed by atoms with Gasteiger partial charge in [0, 0.05) is 11.1 Å². The van der Waals surface area contributed by atoms with Gasteiger partial charge in [-0.25, -0.2) is 0 Å². The minimum absolute atomic E-state index is 0.332. The minimum atomic E-state index is 0.332. The summed E-state index contributed by atoms with van der Waals surface area (Å²) in [4.78, 5) is 10.9. The van der Waals surface area contributed by atoms with Crippen LogP contribution in [0.4, 0.5) is 0 Å². The predicted octanol–water partition coefficient (Wildman–Crippen LogP) is 5.11. The Hall–Kier alpha value is -2.79. The second-order valence-corrected chi connectivity index (χ2v) is 6.95. The van der Waals surface area contributed by atoms with Gasteiger partial charge in [-0.1, -0.05) is 23.8 Å². The minimum Gasteiger partial charge on any atom is -0.490 e. The molecule has 0 radical (unpaired) electrons. The Morgan fingerprint density at radius 2 is 2.07 bits per heavy atom. The molecular weight excluding hydrogens is 368 g/mol. The van der Waals surface area contributed by atoms with Crippen LogP contribution < -0.4 is 14.2 Å². The van der Waals surface area contributed by atoms with Crippen LogP contribution in [0.25, 0.3) is 0 Å². The van der Waals surface area contributed by atoms with E-state index in [1.54, 1.807) is 18.2 Å². The van der Waals surface area contributed by atoms with Crippen molar-refractivity contribution in [1.29, 1.82) is 0 Å². The van der Waals surface area contributed by atoms with E-state index in [1.165, 1.54) is 11.1 Å². The van der Waals surface area contributed by atoms with E-state index in [9.17, 15) is 4.79 Å². The zero-order valence-electron chi connectivity index (χ0n) is 17.1. The van der Waals surface area contributed by atoms with Crippen LogP contribution in [0.2, 0.25) is 0 Å². The molecule has 154 valence electrons. The van der Waals surface area contributed by atoms with Crippen molar-refractivity contribution in [3.63, 3.8) is 0 Å². The highest BCUT2D eigenvalue weighted by molar-refractivity contribution is 5.76. The summed E-state index contributed by atoms with van der Waals surface area (Å²) in [7, 11) is 0. The van der Waals surface area contributed by atoms with Gasteiger partial charge in [-0.3, -0.25) is 4.79 Å². The highest BCUT2D eigenvalue weighted by atomic mass is 16.7. The summed E-state index contributed by atoms with van der Waals surface area (Å²) in [5.74, 6) is 2.21. The number of carbonyl (C=O) groups is 1. The van der Waals surface area contributed by atoms with Gasteiger partial charge >= 0.3 is 0 Å². The van der Waals surface area contributed by atoms with Crippen LogP contribution >= 0.6 is 0 Å². The molecule has 1 aliphatic heterocycles. The number of ether oxygens (including phenoxy) is 4. The second kappa shape index (κ2) is 10.7. The Kier molecular flexibility index (Phi) is 7.70. The van der Waals surface area contributed by atoms with Gasteiger partial charge in [-0.05, 0) is 62.9 Å². The topological polar surface area (TPSA) is 54.0 Å². The summed E-state index contributed by atoms with van der Waals surface area (Å²) in [5, 5.41) is 0. The van der Waals surface area contributed by atoms with Crippen LogP contribution in [-0.4, -0.2) is 26.3 Å². The van der Waals surface area contributed by atoms with Crippen molar-refractivity contribution in [1.82, 2.24) is 0 Å². The third kappa shape index (κ3) is 5.84. The van der Waals surface area contributed by atoms with Crippen LogP contribution in [0.3, 0.4) is 0 Å². The molecular formula is C24H28O5. The highest BCUT2D eigenvalue weighted by Crippen LogP contribution is 2.29. The first kappa shape index (κ1) is 20.9. The molecule has 5 heteroatoms. The molecule has 0 N–H and O–H groups in total. The lowest BCUT2D eigenvalue weighted by Crippen LogP contribution is -2.13. The van der Waals surface area contributed by atoms with Gasteiger partial charge in [0.05, 0.1) is 19.8 Å². The van der Waals surface area contributed by atoms with Crippen molar-refractivity contribution < 1.29 is 23.7 Å². The molecule has 0 aromatic heterocycles. The van der Waals surface area contributed by atoms with Gasteiger partial charge in [-0.15, -0.1) is 0 Å². The molecule has 0 spiro atoms. The number of allylic oxidation sites excluding steroid dienone is 1. The van der Waals surface area contributed by atoms with Crippen molar-refractivity contribution in [2.75, 3.05) is 20.0 Å². The molecule has 1 heterocycles. The van der Waals surface area contributed by atoms with Gasteiger partial charge in [0.25, 0.3) is 0 Å². The molecule has 0 fully saturated rings. The van der Waals surface area contributed by atoms with E-state index in [1.807, 2.05) is 19.1 Å². The molecule has 0 aliphatic carbocycles. The van der Waals surface area contributed by atoms with Crippen LogP contribution in [0, 0.1) is 0 Å². The fourth-order valence-corrected chi connectivity index (χ4v) is 3.29. The molecule has 0 bridgehead atoms. The lowest BCUT2D eigenvalue weighted by atomic mass is 9.99. The summed E-state index contributed by atoms with van der Waals surface area (Å²) in [6, 6.07) is 11.4. The van der Waals surface area contributed by atoms with Crippen LogP contribution in [0.15, 0.2) is 48.0 Å². The second-order valence-electron chi connectivity index (χ2n) is 6.95. The molecule has 1 aliphatic rings. The van der Waals surface area contributed by atoms with Crippen molar-refractivity contribution >= 4 is 6.29 Å². The van der Waals surface area contributed by atoms with Gasteiger partial charge in [0.2, 0.25) is 0 Å². The molecule has 5 nitrogen and oxygen atoms in total. The molecule has 0 saturated heterocycles. The number of hydrogen-bond donors (Lipinski definition) is 0. The van der Waals surface area contributed by atoms with Gasteiger partial charge < -0.3 is 18.9 Å². The molecule has 0 atom stereocenters. The normalized spacial score (nSPS) is 13.4. The van der Waals surface area contributed by atoms with E-state index in [0.717, 1.165) is 36.9 Å². The Labute approximate surface area is 172 Å². The molecule has 0 amide bonds. The first-order chi connectivity index (χ1) is 14.2. The van der Waals surface area contributed by atoms with E-state index >= 15 is 0 Å².